The Kier molecular flexibility index (Phi) is 5.90. The van der Waals surface area contributed by atoms with Crippen LogP contribution in [-0.4, -0.2) is 22.8 Å². The SMILES string of the molecule is COc1ccc(N=C2NC(=O)/C(=C\c3cn(Cc4ccccc4C#N)c4ccccc34)S2)cc1. The fraction of sp³-hybridized carbons (Fsp3) is 0.0741. The van der Waals surface area contributed by atoms with Gasteiger partial charge in [-0.15, -0.1) is 0 Å². The number of benzene rings is 3. The number of thioether (sulfide) groups is 1. The average molecular weight is 465 g/mol. The normalized spacial score (nSPS) is 15.6. The molecule has 5 rings (SSSR count). The maximum Gasteiger partial charge on any atom is 0.264 e. The van der Waals surface area contributed by atoms with Crippen LogP contribution in [0.15, 0.2) is 88.9 Å². The van der Waals surface area contributed by atoms with E-state index in [1.165, 1.54) is 11.8 Å². The maximum atomic E-state index is 12.7. The first kappa shape index (κ1) is 21.6. The summed E-state index contributed by atoms with van der Waals surface area (Å²) in [5.41, 5.74) is 4.32. The van der Waals surface area contributed by atoms with E-state index in [1.807, 2.05) is 85.1 Å². The van der Waals surface area contributed by atoms with Crippen molar-refractivity contribution in [1.29, 1.82) is 5.26 Å². The Hall–Kier alpha value is -4.28. The molecule has 1 saturated heterocycles. The van der Waals surface area contributed by atoms with Crippen molar-refractivity contribution in [3.05, 3.63) is 101 Å². The van der Waals surface area contributed by atoms with Gasteiger partial charge in [0.15, 0.2) is 5.17 Å². The molecule has 1 N–H and O–H groups in total. The van der Waals surface area contributed by atoms with Gasteiger partial charge in [0.05, 0.1) is 29.3 Å². The number of rotatable bonds is 5. The fourth-order valence-corrected chi connectivity index (χ4v) is 4.70. The number of aliphatic imine (C=N–C) groups is 1. The summed E-state index contributed by atoms with van der Waals surface area (Å²) in [6.07, 6.45) is 3.92. The van der Waals surface area contributed by atoms with Crippen LogP contribution in [-0.2, 0) is 11.3 Å². The molecule has 1 amide bonds. The summed E-state index contributed by atoms with van der Waals surface area (Å²) >= 11 is 1.31. The number of para-hydroxylation sites is 1. The summed E-state index contributed by atoms with van der Waals surface area (Å²) < 4.78 is 7.29. The summed E-state index contributed by atoms with van der Waals surface area (Å²) in [6, 6.07) is 25.3. The van der Waals surface area contributed by atoms with E-state index in [2.05, 4.69) is 20.9 Å². The molecule has 1 aliphatic rings. The van der Waals surface area contributed by atoms with E-state index in [9.17, 15) is 10.1 Å². The lowest BCUT2D eigenvalue weighted by Crippen LogP contribution is -2.19. The number of carbonyl (C=O) groups is 1. The van der Waals surface area contributed by atoms with Crippen molar-refractivity contribution in [2.45, 2.75) is 6.54 Å². The number of carbonyl (C=O) groups excluding carboxylic acids is 1. The van der Waals surface area contributed by atoms with E-state index in [-0.39, 0.29) is 5.91 Å². The van der Waals surface area contributed by atoms with Gasteiger partial charge in [0.1, 0.15) is 5.75 Å². The van der Waals surface area contributed by atoms with Crippen molar-refractivity contribution in [2.75, 3.05) is 7.11 Å². The smallest absolute Gasteiger partial charge is 0.264 e. The highest BCUT2D eigenvalue weighted by molar-refractivity contribution is 8.18. The number of hydrogen-bond acceptors (Lipinski definition) is 5. The van der Waals surface area contributed by atoms with Crippen LogP contribution in [0.1, 0.15) is 16.7 Å². The van der Waals surface area contributed by atoms with Crippen LogP contribution in [0.2, 0.25) is 0 Å². The summed E-state index contributed by atoms with van der Waals surface area (Å²) in [5.74, 6) is 0.574. The quantitative estimate of drug-likeness (QED) is 0.398. The number of aromatic nitrogens is 1. The Morgan fingerprint density at radius 2 is 1.85 bits per heavy atom. The predicted molar refractivity (Wildman–Crippen MR) is 136 cm³/mol. The van der Waals surface area contributed by atoms with Crippen molar-refractivity contribution in [1.82, 2.24) is 9.88 Å². The highest BCUT2D eigenvalue weighted by atomic mass is 32.2. The molecule has 7 heteroatoms. The van der Waals surface area contributed by atoms with E-state index in [0.29, 0.717) is 22.2 Å². The Morgan fingerprint density at radius 3 is 2.65 bits per heavy atom. The zero-order chi connectivity index (χ0) is 23.5. The third kappa shape index (κ3) is 4.32. The van der Waals surface area contributed by atoms with Gasteiger partial charge in [-0.1, -0.05) is 36.4 Å². The van der Waals surface area contributed by atoms with E-state index in [0.717, 1.165) is 33.5 Å². The summed E-state index contributed by atoms with van der Waals surface area (Å²) in [4.78, 5) is 17.8. The Bertz CT molecular complexity index is 1490. The summed E-state index contributed by atoms with van der Waals surface area (Å²) in [5, 5.41) is 13.9. The minimum Gasteiger partial charge on any atom is -0.497 e. The molecule has 0 aliphatic carbocycles. The molecule has 166 valence electrons. The molecule has 0 bridgehead atoms. The second-order valence-electron chi connectivity index (χ2n) is 7.68. The average Bonchev–Trinajstić information content (AvgIpc) is 3.39. The number of amides is 1. The van der Waals surface area contributed by atoms with Gasteiger partial charge >= 0.3 is 0 Å². The van der Waals surface area contributed by atoms with Crippen molar-refractivity contribution < 1.29 is 9.53 Å². The number of hydrogen-bond donors (Lipinski definition) is 1. The second-order valence-corrected chi connectivity index (χ2v) is 8.71. The molecule has 0 spiro atoms. The minimum absolute atomic E-state index is 0.177. The van der Waals surface area contributed by atoms with Crippen LogP contribution >= 0.6 is 11.8 Å². The molecular formula is C27H20N4O2S. The molecule has 3 aromatic carbocycles. The molecule has 1 fully saturated rings. The number of nitrogens with one attached hydrogen (secondary N) is 1. The third-order valence-corrected chi connectivity index (χ3v) is 6.45. The van der Waals surface area contributed by atoms with Gasteiger partial charge in [0.25, 0.3) is 5.91 Å². The van der Waals surface area contributed by atoms with Gasteiger partial charge in [-0.25, -0.2) is 4.99 Å². The summed E-state index contributed by atoms with van der Waals surface area (Å²) in [7, 11) is 1.62. The highest BCUT2D eigenvalue weighted by Gasteiger charge is 2.24. The zero-order valence-corrected chi connectivity index (χ0v) is 19.2. The van der Waals surface area contributed by atoms with Crippen LogP contribution in [0.4, 0.5) is 5.69 Å². The van der Waals surface area contributed by atoms with Crippen molar-refractivity contribution in [3.8, 4) is 11.8 Å². The first-order chi connectivity index (χ1) is 16.6. The van der Waals surface area contributed by atoms with E-state index in [1.54, 1.807) is 7.11 Å². The number of nitrogens with zero attached hydrogens (tertiary/aromatic N) is 3. The number of fused-ring (bicyclic) bond motifs is 1. The van der Waals surface area contributed by atoms with Crippen molar-refractivity contribution in [2.24, 2.45) is 4.99 Å². The summed E-state index contributed by atoms with van der Waals surface area (Å²) in [6.45, 7) is 0.566. The molecule has 1 aromatic heterocycles. The fourth-order valence-electron chi connectivity index (χ4n) is 3.87. The molecule has 0 saturated carbocycles. The van der Waals surface area contributed by atoms with Crippen LogP contribution < -0.4 is 10.1 Å². The van der Waals surface area contributed by atoms with E-state index >= 15 is 0 Å². The number of nitriles is 1. The highest BCUT2D eigenvalue weighted by Crippen LogP contribution is 2.31. The maximum absolute atomic E-state index is 12.7. The lowest BCUT2D eigenvalue weighted by atomic mass is 10.1. The Balaban J connectivity index is 1.46. The first-order valence-corrected chi connectivity index (χ1v) is 11.5. The Morgan fingerprint density at radius 1 is 1.09 bits per heavy atom. The molecule has 0 unspecified atom stereocenters. The lowest BCUT2D eigenvalue weighted by molar-refractivity contribution is -0.115. The van der Waals surface area contributed by atoms with Gasteiger partial charge < -0.3 is 14.6 Å². The Labute approximate surface area is 201 Å². The van der Waals surface area contributed by atoms with Gasteiger partial charge in [0.2, 0.25) is 0 Å². The van der Waals surface area contributed by atoms with Crippen molar-refractivity contribution in [3.63, 3.8) is 0 Å². The monoisotopic (exact) mass is 464 g/mol. The minimum atomic E-state index is -0.177. The topological polar surface area (TPSA) is 79.4 Å². The number of methoxy groups -OCH3 is 1. The van der Waals surface area contributed by atoms with E-state index in [4.69, 9.17) is 4.74 Å². The van der Waals surface area contributed by atoms with Crippen LogP contribution in [0.5, 0.6) is 5.75 Å². The molecule has 0 atom stereocenters. The number of ether oxygens (including phenoxy) is 1. The van der Waals surface area contributed by atoms with E-state index < -0.39 is 0 Å². The van der Waals surface area contributed by atoms with Gasteiger partial charge in [0, 0.05) is 29.2 Å². The lowest BCUT2D eigenvalue weighted by Gasteiger charge is -2.07. The third-order valence-electron chi connectivity index (χ3n) is 5.54. The standard InChI is InChI=1S/C27H20N4O2S/c1-33-22-12-10-21(11-13-22)29-27-30-26(32)25(34-27)14-20-17-31(24-9-5-4-8-23(20)24)16-19-7-3-2-6-18(19)15-28/h2-14,17H,16H2,1H3,(H,29,30,32)/b25-14+. The first-order valence-electron chi connectivity index (χ1n) is 10.6. The van der Waals surface area contributed by atoms with Crippen LogP contribution in [0.3, 0.4) is 0 Å². The molecule has 34 heavy (non-hydrogen) atoms. The van der Waals surface area contributed by atoms with Crippen molar-refractivity contribution >= 4 is 45.5 Å². The van der Waals surface area contributed by atoms with Gasteiger partial charge in [-0.3, -0.25) is 4.79 Å². The van der Waals surface area contributed by atoms with Gasteiger partial charge in [-0.05, 0) is 59.8 Å². The largest absolute Gasteiger partial charge is 0.497 e. The predicted octanol–water partition coefficient (Wildman–Crippen LogP) is 5.46. The second kappa shape index (κ2) is 9.30. The number of amidine groups is 1. The molecule has 4 aromatic rings. The molecular weight excluding hydrogens is 444 g/mol. The molecule has 2 heterocycles. The molecule has 1 aliphatic heterocycles. The van der Waals surface area contributed by atoms with Gasteiger partial charge in [-0.2, -0.15) is 5.26 Å². The molecule has 6 nitrogen and oxygen atoms in total. The molecule has 0 radical (unpaired) electrons. The van der Waals surface area contributed by atoms with Crippen LogP contribution in [0.25, 0.3) is 17.0 Å². The van der Waals surface area contributed by atoms with Crippen LogP contribution in [0, 0.1) is 11.3 Å². The zero-order valence-electron chi connectivity index (χ0n) is 18.4.